The van der Waals surface area contributed by atoms with Gasteiger partial charge in [0.15, 0.2) is 34.9 Å². The van der Waals surface area contributed by atoms with Crippen LogP contribution in [0.4, 0.5) is 0 Å². The highest BCUT2D eigenvalue weighted by atomic mass is 16.3. The van der Waals surface area contributed by atoms with Gasteiger partial charge in [0.05, 0.1) is 0 Å². The molecule has 116 heavy (non-hydrogen) atoms. The molecule has 0 bridgehead atoms. The van der Waals surface area contributed by atoms with Gasteiger partial charge in [0.1, 0.15) is 44.7 Å². The van der Waals surface area contributed by atoms with E-state index in [4.69, 9.17) is 47.6 Å². The van der Waals surface area contributed by atoms with Crippen LogP contribution in [0, 0.1) is 0 Å². The van der Waals surface area contributed by atoms with Crippen LogP contribution in [0.3, 0.4) is 0 Å². The van der Waals surface area contributed by atoms with Crippen LogP contribution >= 0.6 is 0 Å². The highest BCUT2D eigenvalue weighted by Gasteiger charge is 2.25. The molecule has 0 unspecified atom stereocenters. The number of furan rings is 4. The maximum Gasteiger partial charge on any atom is 0.164 e. The number of aromatic nitrogens is 6. The first kappa shape index (κ1) is 65.0. The highest BCUT2D eigenvalue weighted by molar-refractivity contribution is 6.20. The summed E-state index contributed by atoms with van der Waals surface area (Å²) in [5.41, 5.74) is 22.1. The summed E-state index contributed by atoms with van der Waals surface area (Å²) < 4.78 is 26.6. The zero-order valence-electron chi connectivity index (χ0n) is 62.0. The maximum absolute atomic E-state index is 7.28. The van der Waals surface area contributed by atoms with Crippen molar-refractivity contribution >= 4 is 131 Å². The Kier molecular flexibility index (Phi) is 14.5. The van der Waals surface area contributed by atoms with Crippen LogP contribution < -0.4 is 0 Å². The minimum Gasteiger partial charge on any atom is -0.456 e. The molecule has 6 heterocycles. The Morgan fingerprint density at radius 2 is 0.500 bits per heavy atom. The minimum atomic E-state index is 0.557. The minimum absolute atomic E-state index is 0.557. The molecule has 0 aliphatic rings. The van der Waals surface area contributed by atoms with Crippen molar-refractivity contribution in [1.82, 2.24) is 29.9 Å². The first-order chi connectivity index (χ1) is 57.4. The number of nitrogens with zero attached hydrogens (tertiary/aromatic N) is 6. The van der Waals surface area contributed by atoms with Crippen molar-refractivity contribution in [3.05, 3.63) is 364 Å². The van der Waals surface area contributed by atoms with E-state index in [1.165, 1.54) is 21.5 Å². The predicted octanol–water partition coefficient (Wildman–Crippen LogP) is 28.6. The second-order valence-electron chi connectivity index (χ2n) is 29.9. The Morgan fingerprint density at radius 3 is 1.15 bits per heavy atom. The van der Waals surface area contributed by atoms with Crippen LogP contribution in [0.2, 0.25) is 0 Å². The normalized spacial score (nSPS) is 12.0. The van der Waals surface area contributed by atoms with Crippen LogP contribution in [0.25, 0.3) is 255 Å². The van der Waals surface area contributed by atoms with Crippen molar-refractivity contribution in [1.29, 1.82) is 0 Å². The van der Waals surface area contributed by atoms with Crippen LogP contribution in [0.1, 0.15) is 0 Å². The van der Waals surface area contributed by atoms with Crippen LogP contribution in [-0.4, -0.2) is 29.9 Å². The number of rotatable bonds is 11. The molecule has 0 N–H and O–H groups in total. The monoisotopic (exact) mass is 1480 g/mol. The van der Waals surface area contributed by atoms with E-state index < -0.39 is 0 Å². The summed E-state index contributed by atoms with van der Waals surface area (Å²) in [7, 11) is 0. The van der Waals surface area contributed by atoms with Gasteiger partial charge in [-0.05, 0) is 196 Å². The van der Waals surface area contributed by atoms with Gasteiger partial charge in [0.2, 0.25) is 0 Å². The van der Waals surface area contributed by atoms with Crippen molar-refractivity contribution in [2.75, 3.05) is 0 Å². The second kappa shape index (κ2) is 25.9. The number of para-hydroxylation sites is 2. The third-order valence-corrected chi connectivity index (χ3v) is 23.2. The summed E-state index contributed by atoms with van der Waals surface area (Å²) in [6.45, 7) is 0. The average Bonchev–Trinajstić information content (AvgIpc) is 1.62. The van der Waals surface area contributed by atoms with Gasteiger partial charge in [-0.15, -0.1) is 0 Å². The van der Waals surface area contributed by atoms with E-state index in [-0.39, 0.29) is 0 Å². The zero-order valence-corrected chi connectivity index (χ0v) is 62.0. The van der Waals surface area contributed by atoms with Crippen molar-refractivity contribution < 1.29 is 17.7 Å². The lowest BCUT2D eigenvalue weighted by Crippen LogP contribution is -2.00. The Morgan fingerprint density at radius 1 is 0.147 bits per heavy atom. The van der Waals surface area contributed by atoms with Gasteiger partial charge in [0.25, 0.3) is 0 Å². The molecule has 24 aromatic rings. The molecule has 0 saturated heterocycles. The Balaban J connectivity index is 0.608. The molecule has 0 radical (unpaired) electrons. The van der Waals surface area contributed by atoms with Crippen molar-refractivity contribution in [2.24, 2.45) is 0 Å². The summed E-state index contributed by atoms with van der Waals surface area (Å²) in [4.78, 5) is 31.3. The fraction of sp³-hybridized carbons (Fsp3) is 0. The molecule has 10 nitrogen and oxygen atoms in total. The summed E-state index contributed by atoms with van der Waals surface area (Å²) in [6, 6.07) is 128. The predicted molar refractivity (Wildman–Crippen MR) is 472 cm³/mol. The Hall–Kier alpha value is -15.8. The molecule has 0 amide bonds. The topological polar surface area (TPSA) is 130 Å². The van der Waals surface area contributed by atoms with Gasteiger partial charge < -0.3 is 17.7 Å². The molecular formula is C106H60N6O4. The first-order valence-corrected chi connectivity index (χ1v) is 38.9. The van der Waals surface area contributed by atoms with E-state index in [0.29, 0.717) is 34.9 Å². The number of benzene rings is 18. The van der Waals surface area contributed by atoms with Crippen LogP contribution in [0.5, 0.6) is 0 Å². The SMILES string of the molecule is c1ccc(-c2nc(-c3cccc(-c4ccc(-c5ccc6ccc7cc(-c8ccc9oc%10cccc(-c%11cccc(-c%12nc(-c%13ccccc%13)nc(-c%13cccc%14oc%15ccccc%15c%13%14)n%12)c%11)c%10c9c8)ccc7c6c5)c5oc6ccc(-c7ccc8c(ccc9ccccc98)c7)cc6c45)c3)nc(-c3ccc4oc5ccccc5c4c3)n2)cc1. The zero-order chi connectivity index (χ0) is 76.1. The van der Waals surface area contributed by atoms with Crippen molar-refractivity contribution in [3.8, 4) is 124 Å². The number of hydrogen-bond donors (Lipinski definition) is 0. The molecule has 0 saturated carbocycles. The van der Waals surface area contributed by atoms with Gasteiger partial charge >= 0.3 is 0 Å². The van der Waals surface area contributed by atoms with Crippen molar-refractivity contribution in [3.63, 3.8) is 0 Å². The standard InChI is InChI=1S/C106H60N6O4/c1-3-18-63(19-4-1)101-107-103(110-105(108-101)76-45-52-92-87(60-76)83-27-9-11-31-90(83)113-92)74-24-14-23-70(56-74)81-48-49-82(100-99(81)89-58-68(44-51-94(89)116-100)65-41-46-78-71(53-65)38-35-61-17-7-8-26-77(61)78)73-40-37-62-36-39-72-54-66(42-47-79(72)86(62)59-73)67-43-50-93-88(57-67)97-80(29-15-33-95(97)115-93)69-22-13-25-75(55-69)104-109-102(64-20-5-2-6-21-64)111-106(112-104)85-30-16-34-96-98(85)84-28-10-12-32-91(84)114-96/h1-60H. The first-order valence-electron chi connectivity index (χ1n) is 38.9. The molecule has 24 rings (SSSR count). The number of hydrogen-bond acceptors (Lipinski definition) is 10. The van der Waals surface area contributed by atoms with Gasteiger partial charge in [-0.25, -0.2) is 29.9 Å². The van der Waals surface area contributed by atoms with Crippen LogP contribution in [-0.2, 0) is 0 Å². The summed E-state index contributed by atoms with van der Waals surface area (Å²) in [5, 5.41) is 17.5. The molecule has 0 spiro atoms. The molecule has 10 heteroatoms. The summed E-state index contributed by atoms with van der Waals surface area (Å²) in [6.07, 6.45) is 0. The van der Waals surface area contributed by atoms with Gasteiger partial charge in [-0.1, -0.05) is 261 Å². The van der Waals surface area contributed by atoms with E-state index in [1.54, 1.807) is 0 Å². The van der Waals surface area contributed by atoms with Gasteiger partial charge in [-0.2, -0.15) is 0 Å². The molecule has 0 atom stereocenters. The lowest BCUT2D eigenvalue weighted by Gasteiger charge is -2.12. The highest BCUT2D eigenvalue weighted by Crippen LogP contribution is 2.48. The summed E-state index contributed by atoms with van der Waals surface area (Å²) in [5.74, 6) is 3.41. The molecule has 0 aliphatic heterocycles. The van der Waals surface area contributed by atoms with Crippen molar-refractivity contribution in [2.45, 2.75) is 0 Å². The molecular weight excluding hydrogens is 1420 g/mol. The fourth-order valence-corrected chi connectivity index (χ4v) is 17.5. The third kappa shape index (κ3) is 10.7. The van der Waals surface area contributed by atoms with E-state index >= 15 is 0 Å². The van der Waals surface area contributed by atoms with Gasteiger partial charge in [0, 0.05) is 82.0 Å². The molecule has 0 fully saturated rings. The van der Waals surface area contributed by atoms with Gasteiger partial charge in [-0.3, -0.25) is 0 Å². The quantitative estimate of drug-likeness (QED) is 0.115. The van der Waals surface area contributed by atoms with E-state index in [0.717, 1.165) is 198 Å². The van der Waals surface area contributed by atoms with E-state index in [2.05, 4.69) is 243 Å². The molecule has 6 aromatic heterocycles. The smallest absolute Gasteiger partial charge is 0.164 e. The Labute approximate surface area is 662 Å². The molecule has 538 valence electrons. The number of fused-ring (bicyclic) bond motifs is 18. The average molecular weight is 1480 g/mol. The third-order valence-electron chi connectivity index (χ3n) is 23.2. The molecule has 0 aliphatic carbocycles. The lowest BCUT2D eigenvalue weighted by atomic mass is 9.91. The van der Waals surface area contributed by atoms with E-state index in [1.807, 2.05) is 121 Å². The second-order valence-corrected chi connectivity index (χ2v) is 29.9. The van der Waals surface area contributed by atoms with Crippen LogP contribution in [0.15, 0.2) is 382 Å². The largest absolute Gasteiger partial charge is 0.456 e. The van der Waals surface area contributed by atoms with E-state index in [9.17, 15) is 0 Å². The lowest BCUT2D eigenvalue weighted by molar-refractivity contribution is 0.668. The molecule has 18 aromatic carbocycles. The fourth-order valence-electron chi connectivity index (χ4n) is 17.5. The Bertz CT molecular complexity index is 8240. The maximum atomic E-state index is 7.28. The summed E-state index contributed by atoms with van der Waals surface area (Å²) >= 11 is 0.